The number of aliphatic hydroxyl groups is 1. The van der Waals surface area contributed by atoms with Gasteiger partial charge in [-0.25, -0.2) is 0 Å². The SMILES string of the molecule is CC[C@H](CC[C@@H](C)[C@H]1CC[C@H]2C3=CCC4CC(O)=CC[C@]4(C)[C@H]3CC[C@]12C)C(C)C. The summed E-state index contributed by atoms with van der Waals surface area (Å²) in [6.45, 7) is 15.0. The van der Waals surface area contributed by atoms with Gasteiger partial charge in [-0.1, -0.05) is 66.0 Å². The van der Waals surface area contributed by atoms with Gasteiger partial charge >= 0.3 is 0 Å². The van der Waals surface area contributed by atoms with Gasteiger partial charge in [0.25, 0.3) is 0 Å². The zero-order valence-corrected chi connectivity index (χ0v) is 20.7. The van der Waals surface area contributed by atoms with Crippen LogP contribution in [0.1, 0.15) is 106 Å². The van der Waals surface area contributed by atoms with Crippen LogP contribution in [0.25, 0.3) is 0 Å². The highest BCUT2D eigenvalue weighted by atomic mass is 16.3. The van der Waals surface area contributed by atoms with Gasteiger partial charge in [0.2, 0.25) is 0 Å². The molecule has 0 amide bonds. The minimum atomic E-state index is 0.382. The summed E-state index contributed by atoms with van der Waals surface area (Å²) in [5.74, 6) is 6.40. The molecule has 4 aliphatic carbocycles. The zero-order chi connectivity index (χ0) is 21.7. The average Bonchev–Trinajstić information content (AvgIpc) is 3.06. The van der Waals surface area contributed by atoms with Crippen molar-refractivity contribution in [1.82, 2.24) is 0 Å². The second-order valence-electron chi connectivity index (χ2n) is 12.5. The summed E-state index contributed by atoms with van der Waals surface area (Å²) in [6.07, 6.45) is 17.9. The largest absolute Gasteiger partial charge is 0.513 e. The van der Waals surface area contributed by atoms with Gasteiger partial charge in [0.05, 0.1) is 5.76 Å². The summed E-state index contributed by atoms with van der Waals surface area (Å²) in [5.41, 5.74) is 2.75. The Morgan fingerprint density at radius 1 is 1.00 bits per heavy atom. The van der Waals surface area contributed by atoms with Crippen molar-refractivity contribution in [3.05, 3.63) is 23.5 Å². The van der Waals surface area contributed by atoms with E-state index in [0.717, 1.165) is 48.3 Å². The summed E-state index contributed by atoms with van der Waals surface area (Å²) in [5, 5.41) is 10.1. The topological polar surface area (TPSA) is 20.2 Å². The predicted molar refractivity (Wildman–Crippen MR) is 128 cm³/mol. The lowest BCUT2D eigenvalue weighted by atomic mass is 9.48. The third kappa shape index (κ3) is 3.61. The predicted octanol–water partition coefficient (Wildman–Crippen LogP) is 8.72. The molecule has 2 saturated carbocycles. The summed E-state index contributed by atoms with van der Waals surface area (Å²) in [4.78, 5) is 0. The Labute approximate surface area is 186 Å². The summed E-state index contributed by atoms with van der Waals surface area (Å²) in [7, 11) is 0. The zero-order valence-electron chi connectivity index (χ0n) is 20.7. The first kappa shape index (κ1) is 22.5. The normalized spacial score (nSPS) is 42.6. The van der Waals surface area contributed by atoms with Crippen LogP contribution in [0.15, 0.2) is 23.5 Å². The fourth-order valence-corrected chi connectivity index (χ4v) is 8.78. The van der Waals surface area contributed by atoms with Crippen LogP contribution in [0, 0.1) is 52.3 Å². The van der Waals surface area contributed by atoms with E-state index >= 15 is 0 Å². The first-order valence-corrected chi connectivity index (χ1v) is 13.3. The fourth-order valence-electron chi connectivity index (χ4n) is 8.78. The Kier molecular flexibility index (Phi) is 6.24. The highest BCUT2D eigenvalue weighted by molar-refractivity contribution is 5.29. The van der Waals surface area contributed by atoms with Crippen LogP contribution >= 0.6 is 0 Å². The van der Waals surface area contributed by atoms with Crippen LogP contribution in [-0.4, -0.2) is 5.11 Å². The molecule has 4 aliphatic rings. The lowest BCUT2D eigenvalue weighted by Crippen LogP contribution is -2.48. The first-order chi connectivity index (χ1) is 14.2. The average molecular weight is 413 g/mol. The van der Waals surface area contributed by atoms with Crippen molar-refractivity contribution in [2.24, 2.45) is 52.3 Å². The van der Waals surface area contributed by atoms with Crippen LogP contribution in [0.2, 0.25) is 0 Å². The van der Waals surface area contributed by atoms with Gasteiger partial charge in [-0.3, -0.25) is 0 Å². The van der Waals surface area contributed by atoms with Crippen LogP contribution in [0.5, 0.6) is 0 Å². The van der Waals surface area contributed by atoms with Gasteiger partial charge in [0, 0.05) is 6.42 Å². The van der Waals surface area contributed by atoms with Gasteiger partial charge in [0.1, 0.15) is 0 Å². The Hall–Kier alpha value is -0.720. The second-order valence-corrected chi connectivity index (χ2v) is 12.5. The monoisotopic (exact) mass is 412 g/mol. The third-order valence-electron chi connectivity index (χ3n) is 10.9. The van der Waals surface area contributed by atoms with E-state index in [0.29, 0.717) is 22.5 Å². The van der Waals surface area contributed by atoms with Crippen molar-refractivity contribution in [1.29, 1.82) is 0 Å². The quantitative estimate of drug-likeness (QED) is 0.432. The molecule has 0 spiro atoms. The number of rotatable bonds is 6. The van der Waals surface area contributed by atoms with E-state index < -0.39 is 0 Å². The molecule has 4 rings (SSSR count). The summed E-state index contributed by atoms with van der Waals surface area (Å²) >= 11 is 0. The number of hydrogen-bond donors (Lipinski definition) is 1. The molecule has 0 aromatic heterocycles. The molecule has 170 valence electrons. The van der Waals surface area contributed by atoms with Crippen molar-refractivity contribution in [2.45, 2.75) is 106 Å². The molecule has 0 heterocycles. The molecular weight excluding hydrogens is 364 g/mol. The van der Waals surface area contributed by atoms with Gasteiger partial charge in [-0.05, 0) is 103 Å². The van der Waals surface area contributed by atoms with Crippen molar-refractivity contribution < 1.29 is 5.11 Å². The van der Waals surface area contributed by atoms with E-state index in [1.807, 2.05) is 5.57 Å². The molecule has 8 atom stereocenters. The maximum absolute atomic E-state index is 10.1. The Morgan fingerprint density at radius 3 is 2.43 bits per heavy atom. The molecule has 1 unspecified atom stereocenters. The van der Waals surface area contributed by atoms with Crippen molar-refractivity contribution in [3.63, 3.8) is 0 Å². The van der Waals surface area contributed by atoms with Gasteiger partial charge in [0.15, 0.2) is 0 Å². The third-order valence-corrected chi connectivity index (χ3v) is 10.9. The Balaban J connectivity index is 1.49. The fraction of sp³-hybridized carbons (Fsp3) is 0.862. The lowest BCUT2D eigenvalue weighted by molar-refractivity contribution is 0.00614. The number of aliphatic hydroxyl groups excluding tert-OH is 1. The minimum absolute atomic E-state index is 0.382. The Bertz CT molecular complexity index is 686. The molecule has 0 bridgehead atoms. The molecule has 1 heteroatoms. The van der Waals surface area contributed by atoms with Crippen molar-refractivity contribution in [3.8, 4) is 0 Å². The number of hydrogen-bond acceptors (Lipinski definition) is 1. The van der Waals surface area contributed by atoms with Crippen LogP contribution in [0.3, 0.4) is 0 Å². The molecule has 1 N–H and O–H groups in total. The molecule has 1 nitrogen and oxygen atoms in total. The molecule has 30 heavy (non-hydrogen) atoms. The van der Waals surface area contributed by atoms with Crippen molar-refractivity contribution >= 4 is 0 Å². The molecule has 0 aromatic rings. The second kappa shape index (κ2) is 8.32. The van der Waals surface area contributed by atoms with Gasteiger partial charge in [-0.2, -0.15) is 0 Å². The standard InChI is InChI=1S/C29H48O/c1-7-21(19(2)3)9-8-20(4)25-12-13-26-24-11-10-22-18-23(30)14-16-28(22,5)27(24)15-17-29(25,26)6/h11,14,19-22,25-27,30H,7-10,12-13,15-18H2,1-6H3/t20-,21-,22?,25-,26+,27+,28+,29-/m1/s1. The number of allylic oxidation sites excluding steroid dienone is 4. The molecule has 0 radical (unpaired) electrons. The van der Waals surface area contributed by atoms with Crippen LogP contribution in [-0.2, 0) is 0 Å². The number of fused-ring (bicyclic) bond motifs is 5. The van der Waals surface area contributed by atoms with E-state index in [2.05, 4.69) is 53.7 Å². The van der Waals surface area contributed by atoms with Crippen LogP contribution in [0.4, 0.5) is 0 Å². The lowest BCUT2D eigenvalue weighted by Gasteiger charge is -2.56. The molecule has 2 fully saturated rings. The highest BCUT2D eigenvalue weighted by Crippen LogP contribution is 2.66. The molecular formula is C29H48O. The van der Waals surface area contributed by atoms with E-state index in [9.17, 15) is 5.11 Å². The van der Waals surface area contributed by atoms with Gasteiger partial charge < -0.3 is 5.11 Å². The first-order valence-electron chi connectivity index (χ1n) is 13.3. The Morgan fingerprint density at radius 2 is 1.73 bits per heavy atom. The maximum atomic E-state index is 10.1. The van der Waals surface area contributed by atoms with Gasteiger partial charge in [-0.15, -0.1) is 0 Å². The van der Waals surface area contributed by atoms with E-state index in [1.54, 1.807) is 0 Å². The molecule has 0 aromatic carbocycles. The minimum Gasteiger partial charge on any atom is -0.513 e. The molecule has 0 saturated heterocycles. The van der Waals surface area contributed by atoms with E-state index in [-0.39, 0.29) is 0 Å². The molecule has 0 aliphatic heterocycles. The van der Waals surface area contributed by atoms with E-state index in [4.69, 9.17) is 0 Å². The smallest absolute Gasteiger partial charge is 0.0886 e. The summed E-state index contributed by atoms with van der Waals surface area (Å²) in [6, 6.07) is 0. The van der Waals surface area contributed by atoms with Crippen LogP contribution < -0.4 is 0 Å². The maximum Gasteiger partial charge on any atom is 0.0886 e. The van der Waals surface area contributed by atoms with Crippen molar-refractivity contribution in [2.75, 3.05) is 0 Å². The highest BCUT2D eigenvalue weighted by Gasteiger charge is 2.57. The summed E-state index contributed by atoms with van der Waals surface area (Å²) < 4.78 is 0. The van der Waals surface area contributed by atoms with E-state index in [1.165, 1.54) is 51.4 Å².